The van der Waals surface area contributed by atoms with Crippen LogP contribution in [0.1, 0.15) is 60.3 Å². The third-order valence-corrected chi connectivity index (χ3v) is 6.43. The zero-order valence-corrected chi connectivity index (χ0v) is 15.1. The Bertz CT molecular complexity index is 545. The average Bonchev–Trinajstić information content (AvgIpc) is 2.82. The molecular weight excluding hydrogens is 288 g/mol. The van der Waals surface area contributed by atoms with Crippen molar-refractivity contribution in [2.24, 2.45) is 23.7 Å². The summed E-state index contributed by atoms with van der Waals surface area (Å²) in [6.45, 7) is 10.5. The van der Waals surface area contributed by atoms with Gasteiger partial charge in [0, 0.05) is 5.57 Å². The molecule has 2 saturated carbocycles. The molecule has 3 aliphatic rings. The molecule has 6 atom stereocenters. The maximum Gasteiger partial charge on any atom is 0.335 e. The molecule has 0 bridgehead atoms. The first kappa shape index (κ1) is 16.8. The first-order chi connectivity index (χ1) is 10.9. The second kappa shape index (κ2) is 6.43. The molecule has 3 unspecified atom stereocenters. The minimum Gasteiger partial charge on any atom is -0.428 e. The summed E-state index contributed by atoms with van der Waals surface area (Å²) >= 11 is 0. The molecule has 0 aromatic rings. The van der Waals surface area contributed by atoms with Gasteiger partial charge in [0.05, 0.1) is 6.10 Å². The highest BCUT2D eigenvalue weighted by atomic mass is 16.7. The van der Waals surface area contributed by atoms with Crippen molar-refractivity contribution in [2.75, 3.05) is 0 Å². The number of ether oxygens (including phenoxy) is 2. The van der Waals surface area contributed by atoms with Gasteiger partial charge in [0.15, 0.2) is 0 Å². The van der Waals surface area contributed by atoms with E-state index in [4.69, 9.17) is 9.47 Å². The molecular formula is C20H30O3. The second-order valence-corrected chi connectivity index (χ2v) is 7.74. The summed E-state index contributed by atoms with van der Waals surface area (Å²) in [6, 6.07) is 0. The predicted molar refractivity (Wildman–Crippen MR) is 90.7 cm³/mol. The zero-order valence-electron chi connectivity index (χ0n) is 15.1. The van der Waals surface area contributed by atoms with Gasteiger partial charge in [0.2, 0.25) is 6.29 Å². The molecule has 3 nitrogen and oxygen atoms in total. The summed E-state index contributed by atoms with van der Waals surface area (Å²) in [7, 11) is 0. The maximum absolute atomic E-state index is 12.1. The fourth-order valence-electron chi connectivity index (χ4n) is 5.18. The number of fused-ring (bicyclic) bond motifs is 2. The SMILES string of the molecule is C/C=C(\C)C(=O)OC1O[C@H]2CC3CCC[C@H](C)C3[C@H](C)C2=C1C. The van der Waals surface area contributed by atoms with Crippen molar-refractivity contribution in [3.63, 3.8) is 0 Å². The van der Waals surface area contributed by atoms with Crippen molar-refractivity contribution in [1.29, 1.82) is 0 Å². The highest BCUT2D eigenvalue weighted by Gasteiger charge is 2.48. The Kier molecular flexibility index (Phi) is 4.68. The van der Waals surface area contributed by atoms with E-state index in [0.717, 1.165) is 29.7 Å². The topological polar surface area (TPSA) is 35.5 Å². The summed E-state index contributed by atoms with van der Waals surface area (Å²) < 4.78 is 11.8. The van der Waals surface area contributed by atoms with Crippen LogP contribution in [0.2, 0.25) is 0 Å². The molecule has 0 aromatic carbocycles. The number of carbonyl (C=O) groups excluding carboxylic acids is 1. The minimum absolute atomic E-state index is 0.153. The number of esters is 1. The first-order valence-corrected chi connectivity index (χ1v) is 9.14. The van der Waals surface area contributed by atoms with E-state index in [1.54, 1.807) is 13.0 Å². The Labute approximate surface area is 140 Å². The van der Waals surface area contributed by atoms with E-state index in [2.05, 4.69) is 20.8 Å². The van der Waals surface area contributed by atoms with E-state index in [-0.39, 0.29) is 12.1 Å². The molecule has 0 aromatic heterocycles. The van der Waals surface area contributed by atoms with Gasteiger partial charge in [-0.3, -0.25) is 0 Å². The van der Waals surface area contributed by atoms with E-state index in [1.807, 2.05) is 6.92 Å². The smallest absolute Gasteiger partial charge is 0.335 e. The van der Waals surface area contributed by atoms with E-state index < -0.39 is 6.29 Å². The number of hydrogen-bond donors (Lipinski definition) is 0. The molecule has 3 rings (SSSR count). The average molecular weight is 318 g/mol. The molecule has 0 amide bonds. The van der Waals surface area contributed by atoms with Gasteiger partial charge in [-0.1, -0.05) is 39.2 Å². The molecule has 0 N–H and O–H groups in total. The predicted octanol–water partition coefficient (Wildman–Crippen LogP) is 4.63. The molecule has 1 heterocycles. The molecule has 1 aliphatic heterocycles. The van der Waals surface area contributed by atoms with Gasteiger partial charge in [-0.15, -0.1) is 0 Å². The Morgan fingerprint density at radius 3 is 2.74 bits per heavy atom. The van der Waals surface area contributed by atoms with Crippen molar-refractivity contribution in [3.05, 3.63) is 22.8 Å². The minimum atomic E-state index is -0.490. The van der Waals surface area contributed by atoms with Crippen LogP contribution in [0.5, 0.6) is 0 Å². The molecule has 23 heavy (non-hydrogen) atoms. The van der Waals surface area contributed by atoms with Crippen molar-refractivity contribution >= 4 is 5.97 Å². The lowest BCUT2D eigenvalue weighted by atomic mass is 9.59. The van der Waals surface area contributed by atoms with Gasteiger partial charge in [-0.25, -0.2) is 4.79 Å². The zero-order chi connectivity index (χ0) is 16.7. The highest BCUT2D eigenvalue weighted by Crippen LogP contribution is 2.52. The van der Waals surface area contributed by atoms with Gasteiger partial charge in [-0.05, 0) is 62.0 Å². The molecule has 2 aliphatic carbocycles. The van der Waals surface area contributed by atoms with Crippen LogP contribution in [0, 0.1) is 23.7 Å². The maximum atomic E-state index is 12.1. The van der Waals surface area contributed by atoms with Crippen LogP contribution in [-0.2, 0) is 14.3 Å². The standard InChI is InChI=1S/C20H30O3/c1-6-11(2)19(21)23-20-14(5)18-13(4)17-12(3)8-7-9-15(17)10-16(18)22-20/h6,12-13,15-17,20H,7-10H2,1-5H3/b11-6+/t12-,13-,15?,16-,17?,20?/m0/s1. The Hall–Kier alpha value is -1.09. The first-order valence-electron chi connectivity index (χ1n) is 9.14. The quantitative estimate of drug-likeness (QED) is 0.423. The molecule has 0 saturated heterocycles. The van der Waals surface area contributed by atoms with Crippen LogP contribution in [0.15, 0.2) is 22.8 Å². The molecule has 0 spiro atoms. The van der Waals surface area contributed by atoms with Crippen LogP contribution in [0.25, 0.3) is 0 Å². The largest absolute Gasteiger partial charge is 0.428 e. The summed E-state index contributed by atoms with van der Waals surface area (Å²) in [5.41, 5.74) is 3.18. The third kappa shape index (κ3) is 2.88. The number of carbonyl (C=O) groups is 1. The van der Waals surface area contributed by atoms with E-state index >= 15 is 0 Å². The molecule has 3 heteroatoms. The summed E-state index contributed by atoms with van der Waals surface area (Å²) in [6.07, 6.45) is 6.57. The van der Waals surface area contributed by atoms with Gasteiger partial charge < -0.3 is 9.47 Å². The van der Waals surface area contributed by atoms with Crippen LogP contribution >= 0.6 is 0 Å². The second-order valence-electron chi connectivity index (χ2n) is 7.74. The Morgan fingerprint density at radius 2 is 2.04 bits per heavy atom. The number of rotatable bonds is 2. The van der Waals surface area contributed by atoms with Crippen molar-refractivity contribution in [2.45, 2.75) is 72.7 Å². The van der Waals surface area contributed by atoms with Gasteiger partial charge in [0.1, 0.15) is 0 Å². The Morgan fingerprint density at radius 1 is 1.30 bits per heavy atom. The lowest BCUT2D eigenvalue weighted by Crippen LogP contribution is -2.41. The van der Waals surface area contributed by atoms with Gasteiger partial charge in [0.25, 0.3) is 0 Å². The van der Waals surface area contributed by atoms with Crippen molar-refractivity contribution < 1.29 is 14.3 Å². The highest BCUT2D eigenvalue weighted by molar-refractivity contribution is 5.87. The summed E-state index contributed by atoms with van der Waals surface area (Å²) in [5, 5.41) is 0. The van der Waals surface area contributed by atoms with Crippen LogP contribution < -0.4 is 0 Å². The van der Waals surface area contributed by atoms with Crippen molar-refractivity contribution in [1.82, 2.24) is 0 Å². The van der Waals surface area contributed by atoms with Gasteiger partial charge in [-0.2, -0.15) is 0 Å². The normalized spacial score (nSPS) is 40.7. The third-order valence-electron chi connectivity index (χ3n) is 6.43. The molecule has 128 valence electrons. The number of allylic oxidation sites excluding steroid dienone is 1. The monoisotopic (exact) mass is 318 g/mol. The number of hydrogen-bond acceptors (Lipinski definition) is 3. The van der Waals surface area contributed by atoms with Crippen LogP contribution in [0.4, 0.5) is 0 Å². The van der Waals surface area contributed by atoms with E-state index in [1.165, 1.54) is 24.8 Å². The van der Waals surface area contributed by atoms with Crippen LogP contribution in [-0.4, -0.2) is 18.4 Å². The van der Waals surface area contributed by atoms with E-state index in [9.17, 15) is 4.79 Å². The van der Waals surface area contributed by atoms with E-state index in [0.29, 0.717) is 11.5 Å². The summed E-state index contributed by atoms with van der Waals surface area (Å²) in [5.74, 6) is 2.59. The van der Waals surface area contributed by atoms with Gasteiger partial charge >= 0.3 is 5.97 Å². The Balaban J connectivity index is 1.81. The lowest BCUT2D eigenvalue weighted by Gasteiger charge is -2.46. The fraction of sp³-hybridized carbons (Fsp3) is 0.750. The summed E-state index contributed by atoms with van der Waals surface area (Å²) in [4.78, 5) is 12.1. The lowest BCUT2D eigenvalue weighted by molar-refractivity contribution is -0.170. The molecule has 0 radical (unpaired) electrons. The van der Waals surface area contributed by atoms with Crippen LogP contribution in [0.3, 0.4) is 0 Å². The molecule has 2 fully saturated rings. The fourth-order valence-corrected chi connectivity index (χ4v) is 5.18. The van der Waals surface area contributed by atoms with Crippen molar-refractivity contribution in [3.8, 4) is 0 Å².